The molecule has 0 aliphatic carbocycles. The van der Waals surface area contributed by atoms with Crippen molar-refractivity contribution in [3.8, 4) is 11.1 Å². The Hall–Kier alpha value is -2.52. The van der Waals surface area contributed by atoms with E-state index in [0.717, 1.165) is 30.6 Å². The summed E-state index contributed by atoms with van der Waals surface area (Å²) in [5.74, 6) is 0. The first-order chi connectivity index (χ1) is 15.4. The number of aromatic nitrogens is 2. The van der Waals surface area contributed by atoms with Crippen molar-refractivity contribution >= 4 is 43.6 Å². The number of nitrogens with zero attached hydrogens (tertiary/aromatic N) is 3. The molecule has 0 bridgehead atoms. The minimum Gasteiger partial charge on any atom is -0.237 e. The van der Waals surface area contributed by atoms with Crippen molar-refractivity contribution in [2.24, 2.45) is 0 Å². The molecule has 1 saturated heterocycles. The minimum absolute atomic E-state index is 0.175. The van der Waals surface area contributed by atoms with Crippen molar-refractivity contribution in [3.63, 3.8) is 0 Å². The lowest BCUT2D eigenvalue weighted by molar-refractivity contribution is 0.328. The Morgan fingerprint density at radius 1 is 1.00 bits per heavy atom. The van der Waals surface area contributed by atoms with Gasteiger partial charge in [-0.3, -0.25) is 0 Å². The maximum atomic E-state index is 13.4. The number of rotatable bonds is 5. The average Bonchev–Trinajstić information content (AvgIpc) is 3.15. The molecule has 0 amide bonds. The quantitative estimate of drug-likeness (QED) is 0.413. The summed E-state index contributed by atoms with van der Waals surface area (Å²) in [5.41, 5.74) is 2.65. The third kappa shape index (κ3) is 3.57. The first-order valence-electron chi connectivity index (χ1n) is 10.1. The van der Waals surface area contributed by atoms with Gasteiger partial charge in [0.25, 0.3) is 10.0 Å². The fourth-order valence-electron chi connectivity index (χ4n) is 3.67. The Balaban J connectivity index is 1.63. The van der Waals surface area contributed by atoms with Gasteiger partial charge < -0.3 is 0 Å². The van der Waals surface area contributed by atoms with Crippen LogP contribution in [0.3, 0.4) is 0 Å². The zero-order valence-corrected chi connectivity index (χ0v) is 19.6. The van der Waals surface area contributed by atoms with Gasteiger partial charge in [0.05, 0.1) is 14.8 Å². The molecule has 0 radical (unpaired) electrons. The second-order valence-electron chi connectivity index (χ2n) is 7.70. The summed E-state index contributed by atoms with van der Waals surface area (Å²) in [5, 5.41) is 0.970. The molecule has 9 heteroatoms. The van der Waals surface area contributed by atoms with Crippen molar-refractivity contribution in [1.82, 2.24) is 13.3 Å². The van der Waals surface area contributed by atoms with Gasteiger partial charge in [0.15, 0.2) is 5.65 Å². The number of aryl methyl sites for hydroxylation is 1. The number of halogens is 1. The summed E-state index contributed by atoms with van der Waals surface area (Å²) in [6.45, 7) is 3.57. The van der Waals surface area contributed by atoms with E-state index in [4.69, 9.17) is 11.6 Å². The summed E-state index contributed by atoms with van der Waals surface area (Å²) in [4.78, 5) is 5.22. The predicted molar refractivity (Wildman–Crippen MR) is 127 cm³/mol. The van der Waals surface area contributed by atoms with Gasteiger partial charge in [-0.1, -0.05) is 41.4 Å². The molecule has 1 aliphatic rings. The maximum absolute atomic E-state index is 13.4. The standard InChI is InChI=1S/C23H20ClN3O3S2/c1-16-3-9-19(10-4-16)32(29,30)27-15-20(22-21(24)11-12-25-23(22)27)17-5-7-18(8-6-17)31(28)26-13-2-14-26/h3-12,15H,2,13-14H2,1H3. The monoisotopic (exact) mass is 485 g/mol. The van der Waals surface area contributed by atoms with Crippen molar-refractivity contribution in [2.45, 2.75) is 23.1 Å². The van der Waals surface area contributed by atoms with Crippen LogP contribution in [0.2, 0.25) is 5.02 Å². The van der Waals surface area contributed by atoms with Gasteiger partial charge >= 0.3 is 0 Å². The van der Waals surface area contributed by atoms with Crippen molar-refractivity contribution in [3.05, 3.63) is 77.6 Å². The normalized spacial score (nSPS) is 15.6. The van der Waals surface area contributed by atoms with E-state index in [1.807, 2.05) is 35.5 Å². The van der Waals surface area contributed by atoms with Gasteiger partial charge in [-0.15, -0.1) is 0 Å². The fourth-order valence-corrected chi connectivity index (χ4v) is 6.48. The van der Waals surface area contributed by atoms with E-state index < -0.39 is 21.0 Å². The van der Waals surface area contributed by atoms with Gasteiger partial charge in [-0.25, -0.2) is 25.9 Å². The highest BCUT2D eigenvalue weighted by molar-refractivity contribution is 7.90. The highest BCUT2D eigenvalue weighted by atomic mass is 35.5. The van der Waals surface area contributed by atoms with Gasteiger partial charge in [0, 0.05) is 36.4 Å². The van der Waals surface area contributed by atoms with Crippen LogP contribution < -0.4 is 0 Å². The first-order valence-corrected chi connectivity index (χ1v) is 13.0. The van der Waals surface area contributed by atoms with E-state index in [2.05, 4.69) is 4.98 Å². The summed E-state index contributed by atoms with van der Waals surface area (Å²) in [6, 6.07) is 15.6. The van der Waals surface area contributed by atoms with E-state index in [-0.39, 0.29) is 10.5 Å². The fraction of sp³-hybridized carbons (Fsp3) is 0.174. The zero-order valence-electron chi connectivity index (χ0n) is 17.2. The lowest BCUT2D eigenvalue weighted by Gasteiger charge is -2.28. The number of benzene rings is 2. The predicted octanol–water partition coefficient (Wildman–Crippen LogP) is 4.63. The van der Waals surface area contributed by atoms with E-state index >= 15 is 0 Å². The van der Waals surface area contributed by atoms with E-state index in [9.17, 15) is 12.6 Å². The van der Waals surface area contributed by atoms with Crippen LogP contribution in [0.15, 0.2) is 76.8 Å². The Labute approximate surface area is 194 Å². The van der Waals surface area contributed by atoms with Crippen LogP contribution in [0.4, 0.5) is 0 Å². The molecule has 6 nitrogen and oxygen atoms in total. The molecule has 2 aromatic heterocycles. The maximum Gasteiger partial charge on any atom is 0.269 e. The molecular formula is C23H20ClN3O3S2. The third-order valence-corrected chi connectivity index (χ3v) is 9.09. The lowest BCUT2D eigenvalue weighted by atomic mass is 10.1. The third-order valence-electron chi connectivity index (χ3n) is 5.60. The molecule has 32 heavy (non-hydrogen) atoms. The SMILES string of the molecule is Cc1ccc(S(=O)(=O)n2cc(-c3ccc(S(=O)N4CCC4)cc3)c3c(Cl)ccnc32)cc1. The largest absolute Gasteiger partial charge is 0.269 e. The molecule has 4 aromatic rings. The van der Waals surface area contributed by atoms with E-state index in [1.54, 1.807) is 36.5 Å². The van der Waals surface area contributed by atoms with E-state index in [1.165, 1.54) is 10.2 Å². The van der Waals surface area contributed by atoms with Crippen molar-refractivity contribution in [1.29, 1.82) is 0 Å². The number of hydrogen-bond donors (Lipinski definition) is 0. The second-order valence-corrected chi connectivity index (χ2v) is 11.4. The molecule has 164 valence electrons. The average molecular weight is 486 g/mol. The molecule has 0 saturated carbocycles. The highest BCUT2D eigenvalue weighted by Gasteiger charge is 2.25. The van der Waals surface area contributed by atoms with Crippen LogP contribution in [0.25, 0.3) is 22.2 Å². The van der Waals surface area contributed by atoms with Crippen molar-refractivity contribution in [2.75, 3.05) is 13.1 Å². The molecule has 2 aromatic carbocycles. The number of fused-ring (bicyclic) bond motifs is 1. The van der Waals surface area contributed by atoms with Crippen LogP contribution in [0, 0.1) is 6.92 Å². The van der Waals surface area contributed by atoms with Crippen LogP contribution in [0.1, 0.15) is 12.0 Å². The molecule has 1 atom stereocenters. The van der Waals surface area contributed by atoms with Crippen LogP contribution in [-0.4, -0.2) is 39.0 Å². The first kappa shape index (κ1) is 21.3. The van der Waals surface area contributed by atoms with Gasteiger partial charge in [-0.2, -0.15) is 0 Å². The molecule has 0 spiro atoms. The minimum atomic E-state index is -3.87. The second kappa shape index (κ2) is 8.12. The molecule has 1 aliphatic heterocycles. The van der Waals surface area contributed by atoms with Crippen LogP contribution in [0.5, 0.6) is 0 Å². The Morgan fingerprint density at radius 3 is 2.31 bits per heavy atom. The zero-order chi connectivity index (χ0) is 22.5. The van der Waals surface area contributed by atoms with Gasteiger partial charge in [0.2, 0.25) is 0 Å². The molecule has 1 fully saturated rings. The van der Waals surface area contributed by atoms with Crippen LogP contribution in [-0.2, 0) is 21.0 Å². The van der Waals surface area contributed by atoms with Gasteiger partial charge in [0.1, 0.15) is 11.0 Å². The molecule has 5 rings (SSSR count). The Bertz CT molecular complexity index is 1440. The highest BCUT2D eigenvalue weighted by Crippen LogP contribution is 2.36. The van der Waals surface area contributed by atoms with Crippen molar-refractivity contribution < 1.29 is 12.6 Å². The Morgan fingerprint density at radius 2 is 1.69 bits per heavy atom. The Kier molecular flexibility index (Phi) is 5.41. The summed E-state index contributed by atoms with van der Waals surface area (Å²) in [6.07, 6.45) is 4.11. The lowest BCUT2D eigenvalue weighted by Crippen LogP contribution is -2.38. The molecular weight excluding hydrogens is 466 g/mol. The topological polar surface area (TPSA) is 72.3 Å². The number of pyridine rings is 1. The molecule has 3 heterocycles. The summed E-state index contributed by atoms with van der Waals surface area (Å²) < 4.78 is 42.5. The van der Waals surface area contributed by atoms with Gasteiger partial charge in [-0.05, 0) is 49.2 Å². The van der Waals surface area contributed by atoms with Crippen LogP contribution >= 0.6 is 11.6 Å². The number of hydrogen-bond acceptors (Lipinski definition) is 4. The summed E-state index contributed by atoms with van der Waals surface area (Å²) in [7, 11) is -5.05. The molecule has 1 unspecified atom stereocenters. The molecule has 0 N–H and O–H groups in total. The summed E-state index contributed by atoms with van der Waals surface area (Å²) >= 11 is 6.49. The smallest absolute Gasteiger partial charge is 0.237 e. The van der Waals surface area contributed by atoms with E-state index in [0.29, 0.717) is 20.9 Å².